The molecule has 0 spiro atoms. The number of hydrogen-bond acceptors (Lipinski definition) is 7. The molecule has 3 aromatic rings. The number of rotatable bonds is 4. The number of hydrogen-bond donors (Lipinski definition) is 2. The van der Waals surface area contributed by atoms with Crippen LogP contribution in [0, 0.1) is 0 Å². The van der Waals surface area contributed by atoms with E-state index in [0.717, 1.165) is 40.1 Å². The Labute approximate surface area is 206 Å². The molecule has 2 N–H and O–H groups in total. The average Bonchev–Trinajstić information content (AvgIpc) is 2.92. The molecule has 0 aliphatic carbocycles. The summed E-state index contributed by atoms with van der Waals surface area (Å²) in [5, 5.41) is 24.2. The molecule has 0 radical (unpaired) electrons. The first-order valence-corrected chi connectivity index (χ1v) is 12.8. The van der Waals surface area contributed by atoms with Gasteiger partial charge in [-0.25, -0.2) is 0 Å². The second-order valence-electron chi connectivity index (χ2n) is 10.7. The number of anilines is 1. The molecule has 6 nitrogen and oxygen atoms in total. The van der Waals surface area contributed by atoms with Crippen molar-refractivity contribution in [2.75, 3.05) is 11.1 Å². The van der Waals surface area contributed by atoms with Crippen LogP contribution in [0.3, 0.4) is 0 Å². The van der Waals surface area contributed by atoms with Gasteiger partial charge in [0.1, 0.15) is 5.75 Å². The van der Waals surface area contributed by atoms with E-state index >= 15 is 0 Å². The van der Waals surface area contributed by atoms with Gasteiger partial charge in [0, 0.05) is 33.7 Å². The predicted molar refractivity (Wildman–Crippen MR) is 139 cm³/mol. The third-order valence-corrected chi connectivity index (χ3v) is 6.86. The molecule has 1 atom stereocenters. The Morgan fingerprint density at radius 3 is 2.26 bits per heavy atom. The Hall–Kier alpha value is -2.80. The van der Waals surface area contributed by atoms with Crippen LogP contribution in [0.1, 0.15) is 77.8 Å². The maximum absolute atomic E-state index is 11.2. The van der Waals surface area contributed by atoms with Crippen molar-refractivity contribution in [1.82, 2.24) is 15.2 Å². The van der Waals surface area contributed by atoms with Crippen LogP contribution in [0.2, 0.25) is 0 Å². The van der Waals surface area contributed by atoms with Crippen molar-refractivity contribution in [1.29, 1.82) is 0 Å². The number of nitrogens with one attached hydrogen (secondary N) is 1. The quantitative estimate of drug-likeness (QED) is 0.397. The molecule has 7 heteroatoms. The van der Waals surface area contributed by atoms with Crippen molar-refractivity contribution in [2.24, 2.45) is 0 Å². The number of benzene rings is 2. The van der Waals surface area contributed by atoms with Gasteiger partial charge in [-0.3, -0.25) is 0 Å². The molecule has 1 aromatic heterocycles. The van der Waals surface area contributed by atoms with Crippen LogP contribution in [-0.4, -0.2) is 26.0 Å². The maximum Gasteiger partial charge on any atom is 0.247 e. The van der Waals surface area contributed by atoms with E-state index in [0.29, 0.717) is 22.5 Å². The van der Waals surface area contributed by atoms with E-state index in [1.54, 1.807) is 11.8 Å². The lowest BCUT2D eigenvalue weighted by Crippen LogP contribution is -2.22. The van der Waals surface area contributed by atoms with Gasteiger partial charge < -0.3 is 15.2 Å². The van der Waals surface area contributed by atoms with Gasteiger partial charge in [-0.15, -0.1) is 10.2 Å². The summed E-state index contributed by atoms with van der Waals surface area (Å²) in [6, 6.07) is 12.0. The van der Waals surface area contributed by atoms with E-state index in [-0.39, 0.29) is 10.8 Å². The molecular weight excluding hydrogens is 444 g/mol. The Morgan fingerprint density at radius 1 is 1.00 bits per heavy atom. The lowest BCUT2D eigenvalue weighted by Gasteiger charge is -2.30. The van der Waals surface area contributed by atoms with Gasteiger partial charge in [-0.1, -0.05) is 78.4 Å². The van der Waals surface area contributed by atoms with E-state index in [9.17, 15) is 5.11 Å². The fourth-order valence-corrected chi connectivity index (χ4v) is 4.64. The van der Waals surface area contributed by atoms with Gasteiger partial charge in [-0.2, -0.15) is 4.98 Å². The van der Waals surface area contributed by atoms with E-state index in [2.05, 4.69) is 64.0 Å². The normalized spacial score (nSPS) is 15.6. The fraction of sp³-hybridized carbons (Fsp3) is 0.444. The fourth-order valence-electron chi connectivity index (χ4n) is 4.00. The monoisotopic (exact) mass is 478 g/mol. The van der Waals surface area contributed by atoms with Crippen LogP contribution < -0.4 is 10.1 Å². The molecule has 180 valence electrons. The summed E-state index contributed by atoms with van der Waals surface area (Å²) in [4.78, 5) is 4.72. The zero-order valence-electron chi connectivity index (χ0n) is 21.1. The predicted octanol–water partition coefficient (Wildman–Crippen LogP) is 6.84. The van der Waals surface area contributed by atoms with Gasteiger partial charge in [0.15, 0.2) is 11.9 Å². The molecule has 0 saturated heterocycles. The lowest BCUT2D eigenvalue weighted by atomic mass is 9.78. The maximum atomic E-state index is 11.2. The molecule has 0 amide bonds. The highest BCUT2D eigenvalue weighted by Crippen LogP contribution is 2.44. The van der Waals surface area contributed by atoms with E-state index in [1.807, 2.05) is 36.4 Å². The number of phenols is 1. The second kappa shape index (κ2) is 9.10. The van der Waals surface area contributed by atoms with Crippen molar-refractivity contribution < 1.29 is 9.84 Å². The Balaban J connectivity index is 1.88. The summed E-state index contributed by atoms with van der Waals surface area (Å²) < 4.78 is 6.50. The summed E-state index contributed by atoms with van der Waals surface area (Å²) in [5.41, 5.74) is 4.64. The molecule has 1 aliphatic rings. The molecule has 34 heavy (non-hydrogen) atoms. The van der Waals surface area contributed by atoms with Crippen molar-refractivity contribution in [3.63, 3.8) is 0 Å². The number of fused-ring (bicyclic) bond motifs is 3. The van der Waals surface area contributed by atoms with Crippen molar-refractivity contribution >= 4 is 17.4 Å². The van der Waals surface area contributed by atoms with Crippen LogP contribution >= 0.6 is 11.8 Å². The zero-order valence-corrected chi connectivity index (χ0v) is 21.9. The minimum atomic E-state index is -0.508. The van der Waals surface area contributed by atoms with Gasteiger partial charge in [-0.05, 0) is 35.4 Å². The molecule has 2 aromatic carbocycles. The van der Waals surface area contributed by atoms with Gasteiger partial charge in [0.25, 0.3) is 0 Å². The van der Waals surface area contributed by atoms with Gasteiger partial charge in [0.05, 0.1) is 0 Å². The molecule has 0 unspecified atom stereocenters. The first kappa shape index (κ1) is 24.3. The number of ether oxygens (including phenoxy) is 1. The third-order valence-electron chi connectivity index (χ3n) is 5.82. The SMILES string of the molecule is CCCSc1nnc2c(n1)O[C@H](c1cc(C(C)(C)C)c(O)c(C(C)(C)C)c1)Nc1ccccc1-2. The zero-order chi connectivity index (χ0) is 24.7. The van der Waals surface area contributed by atoms with E-state index < -0.39 is 6.23 Å². The van der Waals surface area contributed by atoms with Crippen LogP contribution in [-0.2, 0) is 10.8 Å². The molecule has 0 saturated carbocycles. The van der Waals surface area contributed by atoms with Crippen LogP contribution in [0.5, 0.6) is 11.6 Å². The van der Waals surface area contributed by atoms with Crippen LogP contribution in [0.25, 0.3) is 11.3 Å². The summed E-state index contributed by atoms with van der Waals surface area (Å²) in [7, 11) is 0. The average molecular weight is 479 g/mol. The molecular formula is C27H34N4O2S. The highest BCUT2D eigenvalue weighted by Gasteiger charge is 2.31. The number of para-hydroxylation sites is 1. The first-order chi connectivity index (χ1) is 16.0. The smallest absolute Gasteiger partial charge is 0.247 e. The number of aromatic nitrogens is 3. The Bertz CT molecular complexity index is 1160. The minimum absolute atomic E-state index is 0.242. The molecule has 0 bridgehead atoms. The number of phenolic OH excluding ortho intramolecular Hbond substituents is 1. The van der Waals surface area contributed by atoms with Gasteiger partial charge in [0.2, 0.25) is 11.0 Å². The van der Waals surface area contributed by atoms with Crippen molar-refractivity contribution in [3.05, 3.63) is 53.1 Å². The topological polar surface area (TPSA) is 80.2 Å². The minimum Gasteiger partial charge on any atom is -0.507 e. The number of thioether (sulfide) groups is 1. The highest BCUT2D eigenvalue weighted by molar-refractivity contribution is 7.99. The summed E-state index contributed by atoms with van der Waals surface area (Å²) >= 11 is 1.57. The Kier molecular flexibility index (Phi) is 6.51. The standard InChI is InChI=1S/C27H34N4O2S/c1-8-13-34-25-29-24-21(30-31-25)17-11-9-10-12-20(17)28-23(33-24)16-14-18(26(2,3)4)22(32)19(15-16)27(5,6)7/h9-12,14-15,23,28,32H,8,13H2,1-7H3/t23-/m1/s1. The van der Waals surface area contributed by atoms with Gasteiger partial charge >= 0.3 is 0 Å². The lowest BCUT2D eigenvalue weighted by molar-refractivity contribution is 0.224. The van der Waals surface area contributed by atoms with E-state index in [1.165, 1.54) is 0 Å². The second-order valence-corrected chi connectivity index (χ2v) is 11.8. The molecule has 4 rings (SSSR count). The van der Waals surface area contributed by atoms with E-state index in [4.69, 9.17) is 9.72 Å². The number of nitrogens with zero attached hydrogens (tertiary/aromatic N) is 3. The summed E-state index contributed by atoms with van der Waals surface area (Å²) in [6.45, 7) is 14.8. The highest BCUT2D eigenvalue weighted by atomic mass is 32.2. The summed E-state index contributed by atoms with van der Waals surface area (Å²) in [6.07, 6.45) is 0.517. The van der Waals surface area contributed by atoms with Crippen LogP contribution in [0.15, 0.2) is 41.6 Å². The molecule has 0 fully saturated rings. The Morgan fingerprint density at radius 2 is 1.65 bits per heavy atom. The first-order valence-electron chi connectivity index (χ1n) is 11.8. The van der Waals surface area contributed by atoms with Crippen molar-refractivity contribution in [2.45, 2.75) is 77.1 Å². The van der Waals surface area contributed by atoms with Crippen molar-refractivity contribution in [3.8, 4) is 22.9 Å². The molecule has 1 aliphatic heterocycles. The molecule has 2 heterocycles. The largest absolute Gasteiger partial charge is 0.507 e. The number of aromatic hydroxyl groups is 1. The van der Waals surface area contributed by atoms with Crippen LogP contribution in [0.4, 0.5) is 5.69 Å². The third kappa shape index (κ3) is 4.85. The summed E-state index contributed by atoms with van der Waals surface area (Å²) in [5.74, 6) is 1.72.